The molecule has 8 heteroatoms. The zero-order chi connectivity index (χ0) is 23.2. The van der Waals surface area contributed by atoms with Gasteiger partial charge in [-0.15, -0.1) is 0 Å². The van der Waals surface area contributed by atoms with Crippen LogP contribution in [0.4, 0.5) is 0 Å². The van der Waals surface area contributed by atoms with Gasteiger partial charge >= 0.3 is 11.9 Å². The van der Waals surface area contributed by atoms with Crippen LogP contribution in [-0.4, -0.2) is 25.8 Å². The number of carboxylic acid groups (broad SMARTS) is 1. The molecule has 0 spiro atoms. The van der Waals surface area contributed by atoms with Crippen LogP contribution in [0.1, 0.15) is 44.7 Å². The molecule has 2 unspecified atom stereocenters. The summed E-state index contributed by atoms with van der Waals surface area (Å²) in [4.78, 5) is 34.8. The second-order valence-corrected chi connectivity index (χ2v) is 11.1. The molecule has 0 heterocycles. The van der Waals surface area contributed by atoms with Gasteiger partial charge in [0.1, 0.15) is 19.3 Å². The quantitative estimate of drug-likeness (QED) is 0.177. The summed E-state index contributed by atoms with van der Waals surface area (Å²) in [6.07, 6.45) is 0.186. The SMILES string of the molecule is CC(I)C(=O)Oc1ccc(C(C)(CCC(=O)[O-])c2ccc(OC(=O)C(C)I)cc2)cc1. The molecule has 0 saturated heterocycles. The number of rotatable bonds is 9. The molecule has 0 bridgehead atoms. The Balaban J connectivity index is 2.32. The van der Waals surface area contributed by atoms with Crippen LogP contribution < -0.4 is 14.6 Å². The summed E-state index contributed by atoms with van der Waals surface area (Å²) in [5.74, 6) is -0.947. The minimum atomic E-state index is -1.13. The van der Waals surface area contributed by atoms with Gasteiger partial charge in [0, 0.05) is 11.4 Å². The van der Waals surface area contributed by atoms with E-state index in [9.17, 15) is 19.5 Å². The van der Waals surface area contributed by atoms with Crippen LogP contribution in [0.5, 0.6) is 11.5 Å². The number of hydrogen-bond acceptors (Lipinski definition) is 6. The minimum absolute atomic E-state index is 0.122. The number of carboxylic acids is 1. The van der Waals surface area contributed by atoms with E-state index in [1.807, 2.05) is 76.4 Å². The fourth-order valence-electron chi connectivity index (χ4n) is 2.98. The van der Waals surface area contributed by atoms with Crippen LogP contribution in [-0.2, 0) is 19.8 Å². The molecule has 0 aromatic heterocycles. The number of alkyl halides is 2. The van der Waals surface area contributed by atoms with Gasteiger partial charge in [-0.2, -0.15) is 0 Å². The molecule has 166 valence electrons. The highest BCUT2D eigenvalue weighted by molar-refractivity contribution is 14.1. The topological polar surface area (TPSA) is 92.7 Å². The maximum Gasteiger partial charge on any atom is 0.323 e. The van der Waals surface area contributed by atoms with Crippen molar-refractivity contribution in [3.8, 4) is 11.5 Å². The molecule has 0 aliphatic heterocycles. The summed E-state index contributed by atoms with van der Waals surface area (Å²) < 4.78 is 10.1. The molecule has 0 aliphatic carbocycles. The fourth-order valence-corrected chi connectivity index (χ4v) is 3.24. The molecular formula is C23H23I2O6-. The minimum Gasteiger partial charge on any atom is -0.550 e. The number of hydrogen-bond donors (Lipinski definition) is 0. The van der Waals surface area contributed by atoms with Crippen molar-refractivity contribution in [1.82, 2.24) is 0 Å². The highest BCUT2D eigenvalue weighted by atomic mass is 127. The lowest BCUT2D eigenvalue weighted by atomic mass is 9.73. The van der Waals surface area contributed by atoms with Crippen molar-refractivity contribution in [3.05, 3.63) is 59.7 Å². The van der Waals surface area contributed by atoms with E-state index in [2.05, 4.69) is 0 Å². The van der Waals surface area contributed by atoms with E-state index in [-0.39, 0.29) is 26.2 Å². The summed E-state index contributed by atoms with van der Waals surface area (Å²) >= 11 is 3.97. The summed E-state index contributed by atoms with van der Waals surface area (Å²) in [5, 5.41) is 11.2. The monoisotopic (exact) mass is 649 g/mol. The van der Waals surface area contributed by atoms with Crippen molar-refractivity contribution in [3.63, 3.8) is 0 Å². The molecule has 0 N–H and O–H groups in total. The van der Waals surface area contributed by atoms with Gasteiger partial charge in [0.05, 0.1) is 0 Å². The summed E-state index contributed by atoms with van der Waals surface area (Å²) in [5.41, 5.74) is 1.08. The summed E-state index contributed by atoms with van der Waals surface area (Å²) in [7, 11) is 0. The van der Waals surface area contributed by atoms with Crippen LogP contribution in [0.25, 0.3) is 0 Å². The average Bonchev–Trinajstić information content (AvgIpc) is 2.72. The third-order valence-electron chi connectivity index (χ3n) is 4.90. The Morgan fingerprint density at radius 3 is 1.48 bits per heavy atom. The molecular weight excluding hydrogens is 626 g/mol. The zero-order valence-corrected chi connectivity index (χ0v) is 21.7. The van der Waals surface area contributed by atoms with Gasteiger partial charge in [0.25, 0.3) is 0 Å². The van der Waals surface area contributed by atoms with E-state index < -0.39 is 11.4 Å². The first-order valence-corrected chi connectivity index (χ1v) is 12.1. The van der Waals surface area contributed by atoms with Crippen molar-refractivity contribution < 1.29 is 29.0 Å². The van der Waals surface area contributed by atoms with Crippen molar-refractivity contribution in [2.75, 3.05) is 0 Å². The standard InChI is InChI=1S/C23H24I2O6/c1-14(24)21(28)30-18-8-4-16(5-9-18)23(3,13-12-20(26)27)17-6-10-19(11-7-17)31-22(29)15(2)25/h4-11,14-15H,12-13H2,1-3H3,(H,26,27)/p-1. The molecule has 0 fully saturated rings. The van der Waals surface area contributed by atoms with Crippen LogP contribution >= 0.6 is 45.2 Å². The van der Waals surface area contributed by atoms with E-state index >= 15 is 0 Å². The maximum atomic E-state index is 11.8. The third kappa shape index (κ3) is 7.16. The summed E-state index contributed by atoms with van der Waals surface area (Å²) in [6, 6.07) is 14.1. The Morgan fingerprint density at radius 2 is 1.19 bits per heavy atom. The molecule has 31 heavy (non-hydrogen) atoms. The lowest BCUT2D eigenvalue weighted by Gasteiger charge is -2.31. The first-order valence-electron chi connectivity index (χ1n) is 9.65. The van der Waals surface area contributed by atoms with E-state index in [0.29, 0.717) is 17.9 Å². The third-order valence-corrected chi connectivity index (χ3v) is 5.92. The van der Waals surface area contributed by atoms with Gasteiger partial charge < -0.3 is 19.4 Å². The fraction of sp³-hybridized carbons (Fsp3) is 0.348. The predicted octanol–water partition coefficient (Wildman–Crippen LogP) is 3.98. The van der Waals surface area contributed by atoms with Crippen LogP contribution in [0.2, 0.25) is 0 Å². The first kappa shape index (κ1) is 25.6. The highest BCUT2D eigenvalue weighted by Gasteiger charge is 2.29. The Bertz CT molecular complexity index is 855. The zero-order valence-electron chi connectivity index (χ0n) is 17.4. The number of carbonyl (C=O) groups excluding carboxylic acids is 3. The second-order valence-electron chi connectivity index (χ2n) is 7.33. The number of carbonyl (C=O) groups is 3. The second kappa shape index (κ2) is 11.3. The molecule has 0 aliphatic rings. The Kier molecular flexibility index (Phi) is 9.28. The van der Waals surface area contributed by atoms with E-state index in [0.717, 1.165) is 11.1 Å². The van der Waals surface area contributed by atoms with Gasteiger partial charge in [-0.3, -0.25) is 9.59 Å². The largest absolute Gasteiger partial charge is 0.550 e. The normalized spacial score (nSPS) is 14.7. The lowest BCUT2D eigenvalue weighted by Crippen LogP contribution is -2.29. The van der Waals surface area contributed by atoms with Crippen LogP contribution in [0, 0.1) is 0 Å². The molecule has 0 amide bonds. The van der Waals surface area contributed by atoms with Gasteiger partial charge in [0.2, 0.25) is 0 Å². The van der Waals surface area contributed by atoms with E-state index in [4.69, 9.17) is 9.47 Å². The molecule has 2 rings (SSSR count). The van der Waals surface area contributed by atoms with E-state index in [1.54, 1.807) is 38.1 Å². The number of halogens is 2. The number of benzene rings is 2. The molecule has 2 aromatic carbocycles. The van der Waals surface area contributed by atoms with E-state index in [1.165, 1.54) is 0 Å². The van der Waals surface area contributed by atoms with Crippen molar-refractivity contribution in [2.24, 2.45) is 0 Å². The Labute approximate surface area is 209 Å². The molecule has 2 aromatic rings. The molecule has 0 saturated carbocycles. The number of aliphatic carboxylic acids is 1. The predicted molar refractivity (Wildman–Crippen MR) is 132 cm³/mol. The van der Waals surface area contributed by atoms with Gasteiger partial charge in [-0.1, -0.05) is 76.4 Å². The molecule has 6 nitrogen and oxygen atoms in total. The highest BCUT2D eigenvalue weighted by Crippen LogP contribution is 2.38. The van der Waals surface area contributed by atoms with Gasteiger partial charge in [-0.05, 0) is 62.1 Å². The van der Waals surface area contributed by atoms with Crippen molar-refractivity contribution >= 4 is 63.1 Å². The maximum absolute atomic E-state index is 11.8. The van der Waals surface area contributed by atoms with Crippen LogP contribution in [0.3, 0.4) is 0 Å². The summed E-state index contributed by atoms with van der Waals surface area (Å²) in [6.45, 7) is 5.43. The molecule has 2 atom stereocenters. The number of esters is 2. The molecule has 0 radical (unpaired) electrons. The van der Waals surface area contributed by atoms with Crippen LogP contribution in [0.15, 0.2) is 48.5 Å². The van der Waals surface area contributed by atoms with Crippen molar-refractivity contribution in [1.29, 1.82) is 0 Å². The van der Waals surface area contributed by atoms with Crippen molar-refractivity contribution in [2.45, 2.75) is 46.9 Å². The Morgan fingerprint density at radius 1 is 0.839 bits per heavy atom. The average molecular weight is 649 g/mol. The number of ether oxygens (including phenoxy) is 2. The Hall–Kier alpha value is -1.69. The smallest absolute Gasteiger partial charge is 0.323 e. The van der Waals surface area contributed by atoms with Gasteiger partial charge in [-0.25, -0.2) is 0 Å². The first-order chi connectivity index (χ1) is 14.5. The van der Waals surface area contributed by atoms with Gasteiger partial charge in [0.15, 0.2) is 0 Å². The lowest BCUT2D eigenvalue weighted by molar-refractivity contribution is -0.306.